The Hall–Kier alpha value is -2.56. The van der Waals surface area contributed by atoms with Gasteiger partial charge < -0.3 is 15.4 Å². The number of alkyl carbamates (subject to hydrolysis) is 1. The van der Waals surface area contributed by atoms with E-state index in [9.17, 15) is 9.59 Å². The van der Waals surface area contributed by atoms with Gasteiger partial charge in [-0.2, -0.15) is 0 Å². The van der Waals surface area contributed by atoms with Crippen molar-refractivity contribution in [3.8, 4) is 0 Å². The van der Waals surface area contributed by atoms with Crippen LogP contribution in [-0.4, -0.2) is 24.1 Å². The summed E-state index contributed by atoms with van der Waals surface area (Å²) in [5.41, 5.74) is 1.02. The van der Waals surface area contributed by atoms with Gasteiger partial charge in [0, 0.05) is 0 Å². The summed E-state index contributed by atoms with van der Waals surface area (Å²) < 4.78 is 5.09. The Kier molecular flexibility index (Phi) is 6.61. The molecule has 0 heterocycles. The Bertz CT molecular complexity index is 771. The van der Waals surface area contributed by atoms with Crippen LogP contribution in [0.15, 0.2) is 42.5 Å². The number of benzene rings is 2. The Morgan fingerprint density at radius 2 is 1.54 bits per heavy atom. The molecule has 0 aromatic heterocycles. The predicted molar refractivity (Wildman–Crippen MR) is 104 cm³/mol. The summed E-state index contributed by atoms with van der Waals surface area (Å²) in [5, 5.41) is 7.94. The lowest BCUT2D eigenvalue weighted by Crippen LogP contribution is -2.50. The lowest BCUT2D eigenvalue weighted by molar-refractivity contribution is -0.124. The van der Waals surface area contributed by atoms with Gasteiger partial charge in [-0.05, 0) is 49.1 Å². The van der Waals surface area contributed by atoms with E-state index in [4.69, 9.17) is 4.74 Å². The molecule has 0 fully saturated rings. The number of amides is 2. The van der Waals surface area contributed by atoms with Gasteiger partial charge in [-0.3, -0.25) is 4.79 Å². The monoisotopic (exact) mass is 356 g/mol. The Morgan fingerprint density at radius 1 is 0.885 bits per heavy atom. The van der Waals surface area contributed by atoms with Crippen LogP contribution in [0, 0.1) is 5.92 Å². The topological polar surface area (TPSA) is 67.4 Å². The van der Waals surface area contributed by atoms with Crippen molar-refractivity contribution >= 4 is 22.8 Å². The number of ether oxygens (including phenoxy) is 1. The highest BCUT2D eigenvalue weighted by Gasteiger charge is 2.26. The maximum Gasteiger partial charge on any atom is 0.408 e. The molecular weight excluding hydrogens is 328 g/mol. The van der Waals surface area contributed by atoms with Gasteiger partial charge >= 0.3 is 6.09 Å². The van der Waals surface area contributed by atoms with E-state index in [1.165, 1.54) is 0 Å². The maximum absolute atomic E-state index is 12.7. The fourth-order valence-electron chi connectivity index (χ4n) is 2.77. The van der Waals surface area contributed by atoms with Crippen LogP contribution in [0.2, 0.25) is 0 Å². The first kappa shape index (κ1) is 19.8. The Labute approximate surface area is 155 Å². The molecule has 2 amide bonds. The first-order valence-corrected chi connectivity index (χ1v) is 9.04. The zero-order valence-electron chi connectivity index (χ0n) is 16.1. The molecule has 5 nitrogen and oxygen atoms in total. The molecule has 2 aromatic carbocycles. The van der Waals surface area contributed by atoms with Gasteiger partial charge in [-0.15, -0.1) is 0 Å². The second-order valence-corrected chi connectivity index (χ2v) is 7.16. The largest absolute Gasteiger partial charge is 0.447 e. The fraction of sp³-hybridized carbons (Fsp3) is 0.429. The van der Waals surface area contributed by atoms with Crippen molar-refractivity contribution in [3.63, 3.8) is 0 Å². The fourth-order valence-corrected chi connectivity index (χ4v) is 2.77. The first-order chi connectivity index (χ1) is 12.3. The average molecular weight is 356 g/mol. The van der Waals surface area contributed by atoms with Gasteiger partial charge in [0.1, 0.15) is 6.04 Å². The molecule has 2 aromatic rings. The van der Waals surface area contributed by atoms with E-state index in [1.54, 1.807) is 13.8 Å². The van der Waals surface area contributed by atoms with Crippen LogP contribution in [0.25, 0.3) is 10.8 Å². The maximum atomic E-state index is 12.7. The van der Waals surface area contributed by atoms with E-state index in [2.05, 4.69) is 22.8 Å². The van der Waals surface area contributed by atoms with E-state index in [0.29, 0.717) is 0 Å². The SMILES string of the molecule is CC(C)OC(=O)NC(C(=O)NC(C)c1ccc2ccccc2c1)C(C)C. The van der Waals surface area contributed by atoms with Crippen LogP contribution in [0.3, 0.4) is 0 Å². The average Bonchev–Trinajstić information content (AvgIpc) is 2.58. The minimum absolute atomic E-state index is 0.0569. The lowest BCUT2D eigenvalue weighted by atomic mass is 10.0. The van der Waals surface area contributed by atoms with Gasteiger partial charge in [-0.25, -0.2) is 4.79 Å². The number of nitrogens with one attached hydrogen (secondary N) is 2. The quantitative estimate of drug-likeness (QED) is 0.816. The van der Waals surface area contributed by atoms with Crippen molar-refractivity contribution in [2.24, 2.45) is 5.92 Å². The van der Waals surface area contributed by atoms with Gasteiger partial charge in [0.2, 0.25) is 5.91 Å². The zero-order chi connectivity index (χ0) is 19.3. The van der Waals surface area contributed by atoms with Gasteiger partial charge in [-0.1, -0.05) is 50.2 Å². The second kappa shape index (κ2) is 8.70. The molecule has 0 radical (unpaired) electrons. The summed E-state index contributed by atoms with van der Waals surface area (Å²) in [4.78, 5) is 24.5. The van der Waals surface area contributed by atoms with E-state index >= 15 is 0 Å². The number of carbonyl (C=O) groups excluding carboxylic acids is 2. The zero-order valence-corrected chi connectivity index (χ0v) is 16.1. The van der Waals surface area contributed by atoms with E-state index in [0.717, 1.165) is 16.3 Å². The molecule has 0 aliphatic heterocycles. The van der Waals surface area contributed by atoms with Crippen molar-refractivity contribution in [2.75, 3.05) is 0 Å². The third kappa shape index (κ3) is 5.22. The molecule has 0 saturated heterocycles. The molecule has 0 bridgehead atoms. The highest BCUT2D eigenvalue weighted by molar-refractivity contribution is 5.87. The van der Waals surface area contributed by atoms with Crippen LogP contribution in [0.4, 0.5) is 4.79 Å². The summed E-state index contributed by atoms with van der Waals surface area (Å²) >= 11 is 0. The molecule has 2 N–H and O–H groups in total. The third-order valence-corrected chi connectivity index (χ3v) is 4.20. The standard InChI is InChI=1S/C21H28N2O3/c1-13(2)19(23-21(25)26-14(3)4)20(24)22-15(5)17-11-10-16-8-6-7-9-18(16)12-17/h6-15,19H,1-5H3,(H,22,24)(H,23,25). The van der Waals surface area contributed by atoms with E-state index < -0.39 is 12.1 Å². The summed E-state index contributed by atoms with van der Waals surface area (Å²) in [5.74, 6) is -0.278. The van der Waals surface area contributed by atoms with E-state index in [1.807, 2.05) is 51.1 Å². The molecule has 2 unspecified atom stereocenters. The first-order valence-electron chi connectivity index (χ1n) is 9.04. The number of hydrogen-bond acceptors (Lipinski definition) is 3. The molecule has 0 spiro atoms. The summed E-state index contributed by atoms with van der Waals surface area (Å²) in [6.07, 6.45) is -0.811. The predicted octanol–water partition coefficient (Wildman–Crippen LogP) is 4.18. The number of rotatable bonds is 6. The van der Waals surface area contributed by atoms with Crippen LogP contribution < -0.4 is 10.6 Å². The van der Waals surface area contributed by atoms with Crippen LogP contribution in [-0.2, 0) is 9.53 Å². The molecule has 140 valence electrons. The molecule has 2 atom stereocenters. The summed E-state index contributed by atoms with van der Waals surface area (Å²) in [6.45, 7) is 9.25. The van der Waals surface area contributed by atoms with Crippen molar-refractivity contribution in [2.45, 2.75) is 52.8 Å². The summed E-state index contributed by atoms with van der Waals surface area (Å²) in [6, 6.07) is 13.4. The minimum atomic E-state index is -0.649. The lowest BCUT2D eigenvalue weighted by Gasteiger charge is -2.24. The normalized spacial score (nSPS) is 13.5. The van der Waals surface area contributed by atoms with Crippen LogP contribution in [0.5, 0.6) is 0 Å². The minimum Gasteiger partial charge on any atom is -0.447 e. The van der Waals surface area contributed by atoms with Crippen LogP contribution >= 0.6 is 0 Å². The van der Waals surface area contributed by atoms with Crippen molar-refractivity contribution in [1.82, 2.24) is 10.6 Å². The molecule has 2 rings (SSSR count). The third-order valence-electron chi connectivity index (χ3n) is 4.20. The van der Waals surface area contributed by atoms with Crippen LogP contribution in [0.1, 0.15) is 46.2 Å². The van der Waals surface area contributed by atoms with Gasteiger partial charge in [0.05, 0.1) is 12.1 Å². The molecule has 0 saturated carbocycles. The molecular formula is C21H28N2O3. The van der Waals surface area contributed by atoms with Gasteiger partial charge in [0.25, 0.3) is 0 Å². The van der Waals surface area contributed by atoms with E-state index in [-0.39, 0.29) is 24.0 Å². The number of fused-ring (bicyclic) bond motifs is 1. The smallest absolute Gasteiger partial charge is 0.408 e. The van der Waals surface area contributed by atoms with Crippen molar-refractivity contribution in [1.29, 1.82) is 0 Å². The second-order valence-electron chi connectivity index (χ2n) is 7.16. The summed E-state index contributed by atoms with van der Waals surface area (Å²) in [7, 11) is 0. The molecule has 0 aliphatic carbocycles. The van der Waals surface area contributed by atoms with Gasteiger partial charge in [0.15, 0.2) is 0 Å². The molecule has 5 heteroatoms. The highest BCUT2D eigenvalue weighted by Crippen LogP contribution is 2.20. The van der Waals surface area contributed by atoms with Crippen molar-refractivity contribution in [3.05, 3.63) is 48.0 Å². The highest BCUT2D eigenvalue weighted by atomic mass is 16.6. The molecule has 26 heavy (non-hydrogen) atoms. The Morgan fingerprint density at radius 3 is 2.15 bits per heavy atom. The number of hydrogen-bond donors (Lipinski definition) is 2. The Balaban J connectivity index is 2.07. The van der Waals surface area contributed by atoms with Crippen molar-refractivity contribution < 1.29 is 14.3 Å². The molecule has 0 aliphatic rings. The number of carbonyl (C=O) groups is 2.